The summed E-state index contributed by atoms with van der Waals surface area (Å²) in [5.41, 5.74) is -1.42. The number of alkyl halides is 5. The summed E-state index contributed by atoms with van der Waals surface area (Å²) in [6.07, 6.45) is -2.33. The Morgan fingerprint density at radius 2 is 1.92 bits per heavy atom. The van der Waals surface area contributed by atoms with Crippen LogP contribution in [0.2, 0.25) is 0 Å². The standard InChI is InChI=1S/C25H27F6N3O3/c1-34-11-10-24(14-6-7-18(37-22(27)28)19(12-14)36-2)9-8-15(13-20(24)34)32-23(35)33-17-5-3-4-16(21(17)26)25(29,30)31/h3-7,12,15,20,22H,8-11,13H2,1-2H3,(H2,32,33,35)/t15-,20-,24-/m0/s1. The number of amides is 2. The minimum atomic E-state index is -4.88. The highest BCUT2D eigenvalue weighted by atomic mass is 19.4. The minimum absolute atomic E-state index is 0.0107. The summed E-state index contributed by atoms with van der Waals surface area (Å²) in [4.78, 5) is 14.7. The van der Waals surface area contributed by atoms with Crippen molar-refractivity contribution >= 4 is 11.7 Å². The number of hydrogen-bond donors (Lipinski definition) is 2. The number of urea groups is 1. The molecule has 0 radical (unpaired) electrons. The molecular formula is C25H27F6N3O3. The summed E-state index contributed by atoms with van der Waals surface area (Å²) >= 11 is 0. The van der Waals surface area contributed by atoms with Crippen LogP contribution in [0.15, 0.2) is 36.4 Å². The largest absolute Gasteiger partial charge is 0.493 e. The lowest BCUT2D eigenvalue weighted by molar-refractivity contribution is -0.139. The van der Waals surface area contributed by atoms with Crippen molar-refractivity contribution in [2.45, 2.75) is 56.0 Å². The van der Waals surface area contributed by atoms with Crippen molar-refractivity contribution in [3.8, 4) is 11.5 Å². The van der Waals surface area contributed by atoms with E-state index < -0.39 is 35.9 Å². The molecule has 6 nitrogen and oxygen atoms in total. The smallest absolute Gasteiger partial charge is 0.419 e. The van der Waals surface area contributed by atoms with Crippen LogP contribution in [-0.2, 0) is 11.6 Å². The van der Waals surface area contributed by atoms with Gasteiger partial charge in [0.2, 0.25) is 0 Å². The highest BCUT2D eigenvalue weighted by molar-refractivity contribution is 5.89. The van der Waals surface area contributed by atoms with Gasteiger partial charge in [0.25, 0.3) is 0 Å². The quantitative estimate of drug-likeness (QED) is 0.465. The van der Waals surface area contributed by atoms with E-state index in [1.54, 1.807) is 12.1 Å². The van der Waals surface area contributed by atoms with Crippen LogP contribution in [0.4, 0.5) is 36.8 Å². The number of anilines is 1. The van der Waals surface area contributed by atoms with Gasteiger partial charge in [-0.2, -0.15) is 22.0 Å². The molecule has 1 aliphatic carbocycles. The van der Waals surface area contributed by atoms with Crippen molar-refractivity contribution in [3.05, 3.63) is 53.3 Å². The van der Waals surface area contributed by atoms with Gasteiger partial charge in [0.15, 0.2) is 17.3 Å². The first-order chi connectivity index (χ1) is 17.4. The number of hydrogen-bond acceptors (Lipinski definition) is 4. The van der Waals surface area contributed by atoms with E-state index in [4.69, 9.17) is 4.74 Å². The zero-order chi connectivity index (χ0) is 27.0. The molecule has 2 amide bonds. The first-order valence-corrected chi connectivity index (χ1v) is 11.7. The normalized spacial score (nSPS) is 24.0. The highest BCUT2D eigenvalue weighted by Gasteiger charge is 2.50. The molecule has 2 N–H and O–H groups in total. The molecule has 1 aliphatic heterocycles. The second-order valence-electron chi connectivity index (χ2n) is 9.38. The number of halogens is 6. The number of likely N-dealkylation sites (tertiary alicyclic amines) is 1. The van der Waals surface area contributed by atoms with Crippen LogP contribution in [0.1, 0.15) is 36.8 Å². The molecule has 202 valence electrons. The van der Waals surface area contributed by atoms with Crippen LogP contribution < -0.4 is 20.1 Å². The van der Waals surface area contributed by atoms with Crippen molar-refractivity contribution in [1.82, 2.24) is 10.2 Å². The fourth-order valence-electron chi connectivity index (χ4n) is 5.61. The first-order valence-electron chi connectivity index (χ1n) is 11.7. The molecule has 0 bridgehead atoms. The molecule has 2 aromatic carbocycles. The number of fused-ring (bicyclic) bond motifs is 1. The number of rotatable bonds is 6. The van der Waals surface area contributed by atoms with Crippen LogP contribution in [0.3, 0.4) is 0 Å². The summed E-state index contributed by atoms with van der Waals surface area (Å²) in [5, 5.41) is 4.94. The number of ether oxygens (including phenoxy) is 2. The lowest BCUT2D eigenvalue weighted by atomic mass is 9.65. The molecule has 2 aliphatic rings. The van der Waals surface area contributed by atoms with Gasteiger partial charge in [-0.05, 0) is 69.1 Å². The molecule has 0 unspecified atom stereocenters. The van der Waals surface area contributed by atoms with Gasteiger partial charge in [-0.1, -0.05) is 12.1 Å². The summed E-state index contributed by atoms with van der Waals surface area (Å²) in [5.74, 6) is -1.41. The number of benzene rings is 2. The van der Waals surface area contributed by atoms with Gasteiger partial charge in [0, 0.05) is 17.5 Å². The van der Waals surface area contributed by atoms with Crippen molar-refractivity contribution in [2.75, 3.05) is 26.0 Å². The Labute approximate surface area is 209 Å². The lowest BCUT2D eigenvalue weighted by Crippen LogP contribution is -2.52. The fraction of sp³-hybridized carbons (Fsp3) is 0.480. The van der Waals surface area contributed by atoms with Gasteiger partial charge < -0.3 is 25.0 Å². The molecule has 1 saturated carbocycles. The maximum Gasteiger partial charge on any atom is 0.419 e. The topological polar surface area (TPSA) is 62.8 Å². The van der Waals surface area contributed by atoms with Gasteiger partial charge >= 0.3 is 18.8 Å². The Morgan fingerprint density at radius 3 is 2.59 bits per heavy atom. The molecule has 4 rings (SSSR count). The van der Waals surface area contributed by atoms with E-state index in [0.29, 0.717) is 25.3 Å². The number of likely N-dealkylation sites (N-methyl/N-ethyl adjacent to an activating group) is 1. The monoisotopic (exact) mass is 531 g/mol. The fourth-order valence-corrected chi connectivity index (χ4v) is 5.61. The maximum atomic E-state index is 14.3. The zero-order valence-corrected chi connectivity index (χ0v) is 20.2. The molecule has 1 saturated heterocycles. The van der Waals surface area contributed by atoms with E-state index in [0.717, 1.165) is 30.7 Å². The van der Waals surface area contributed by atoms with Crippen LogP contribution in [-0.4, -0.2) is 50.3 Å². The Bertz CT molecular complexity index is 1150. The van der Waals surface area contributed by atoms with Crippen LogP contribution >= 0.6 is 0 Å². The second kappa shape index (κ2) is 10.3. The molecule has 0 aromatic heterocycles. The number of nitrogens with zero attached hydrogens (tertiary/aromatic N) is 1. The Hall–Kier alpha value is -3.15. The molecule has 3 atom stereocenters. The molecule has 0 spiro atoms. The average molecular weight is 531 g/mol. The van der Waals surface area contributed by atoms with E-state index in [2.05, 4.69) is 20.3 Å². The third kappa shape index (κ3) is 5.43. The van der Waals surface area contributed by atoms with Gasteiger partial charge in [-0.25, -0.2) is 9.18 Å². The molecule has 2 aromatic rings. The van der Waals surface area contributed by atoms with Gasteiger partial charge in [-0.3, -0.25) is 0 Å². The Balaban J connectivity index is 1.48. The van der Waals surface area contributed by atoms with E-state index >= 15 is 0 Å². The van der Waals surface area contributed by atoms with Crippen molar-refractivity contribution in [2.24, 2.45) is 0 Å². The SMILES string of the molecule is COc1cc([C@@]23CC[C@H](NC(=O)Nc4cccc(C(F)(F)F)c4F)C[C@@H]2N(C)CC3)ccc1OC(F)F. The third-order valence-electron chi connectivity index (χ3n) is 7.37. The highest BCUT2D eigenvalue weighted by Crippen LogP contribution is 2.50. The van der Waals surface area contributed by atoms with Crippen LogP contribution in [0.25, 0.3) is 0 Å². The van der Waals surface area contributed by atoms with Gasteiger partial charge in [-0.15, -0.1) is 0 Å². The summed E-state index contributed by atoms with van der Waals surface area (Å²) in [7, 11) is 3.33. The molecule has 37 heavy (non-hydrogen) atoms. The van der Waals surface area contributed by atoms with Gasteiger partial charge in [0.1, 0.15) is 0 Å². The maximum absolute atomic E-state index is 14.3. The van der Waals surface area contributed by atoms with E-state index in [-0.39, 0.29) is 29.0 Å². The summed E-state index contributed by atoms with van der Waals surface area (Å²) < 4.78 is 88.5. The van der Waals surface area contributed by atoms with E-state index in [1.165, 1.54) is 13.2 Å². The van der Waals surface area contributed by atoms with Crippen molar-refractivity contribution < 1.29 is 40.6 Å². The number of carbonyl (C=O) groups excluding carboxylic acids is 1. The number of methoxy groups -OCH3 is 1. The second-order valence-corrected chi connectivity index (χ2v) is 9.38. The van der Waals surface area contributed by atoms with Gasteiger partial charge in [0.05, 0.1) is 18.4 Å². The molecule has 2 fully saturated rings. The molecule has 12 heteroatoms. The Kier molecular flexibility index (Phi) is 7.50. The van der Waals surface area contributed by atoms with Crippen molar-refractivity contribution in [1.29, 1.82) is 0 Å². The Morgan fingerprint density at radius 1 is 1.16 bits per heavy atom. The van der Waals surface area contributed by atoms with Crippen molar-refractivity contribution in [3.63, 3.8) is 0 Å². The predicted molar refractivity (Wildman–Crippen MR) is 124 cm³/mol. The zero-order valence-electron chi connectivity index (χ0n) is 20.2. The molecule has 1 heterocycles. The lowest BCUT2D eigenvalue weighted by Gasteiger charge is -2.45. The predicted octanol–water partition coefficient (Wildman–Crippen LogP) is 5.77. The minimum Gasteiger partial charge on any atom is -0.493 e. The first kappa shape index (κ1) is 26.9. The third-order valence-corrected chi connectivity index (χ3v) is 7.37. The summed E-state index contributed by atoms with van der Waals surface area (Å²) in [6.45, 7) is -2.21. The van der Waals surface area contributed by atoms with E-state index in [9.17, 15) is 31.1 Å². The molecular weight excluding hydrogens is 504 g/mol. The number of nitrogens with one attached hydrogen (secondary N) is 2. The average Bonchev–Trinajstić information content (AvgIpc) is 3.16. The van der Waals surface area contributed by atoms with E-state index in [1.807, 2.05) is 7.05 Å². The summed E-state index contributed by atoms with van der Waals surface area (Å²) in [6, 6.07) is 6.50. The van der Waals surface area contributed by atoms with Crippen LogP contribution in [0.5, 0.6) is 11.5 Å². The van der Waals surface area contributed by atoms with Crippen LogP contribution in [0, 0.1) is 5.82 Å². The number of carbonyl (C=O) groups is 1.